The van der Waals surface area contributed by atoms with Gasteiger partial charge in [0.05, 0.1) is 14.2 Å². The van der Waals surface area contributed by atoms with Crippen molar-refractivity contribution in [1.82, 2.24) is 0 Å². The molecule has 1 aromatic carbocycles. The van der Waals surface area contributed by atoms with Crippen LogP contribution in [-0.4, -0.2) is 43.9 Å². The lowest BCUT2D eigenvalue weighted by atomic mass is 10.0. The summed E-state index contributed by atoms with van der Waals surface area (Å²) < 4.78 is 21.5. The Morgan fingerprint density at radius 2 is 2.14 bits per heavy atom. The van der Waals surface area contributed by atoms with Crippen molar-refractivity contribution in [2.24, 2.45) is 5.16 Å². The van der Waals surface area contributed by atoms with Crippen molar-refractivity contribution in [1.29, 1.82) is 0 Å². The molecule has 0 fully saturated rings. The molecule has 0 amide bonds. The summed E-state index contributed by atoms with van der Waals surface area (Å²) in [5, 5.41) is 12.5. The van der Waals surface area contributed by atoms with Crippen LogP contribution in [0.15, 0.2) is 11.2 Å². The van der Waals surface area contributed by atoms with Crippen LogP contribution in [0.1, 0.15) is 12.0 Å². The monoisotopic (exact) mass is 309 g/mol. The average Bonchev–Trinajstić information content (AvgIpc) is 3.15. The van der Waals surface area contributed by atoms with Crippen molar-refractivity contribution in [2.75, 3.05) is 21.0 Å². The van der Waals surface area contributed by atoms with Crippen LogP contribution in [-0.2, 0) is 16.1 Å². The lowest BCUT2D eigenvalue weighted by Gasteiger charge is -2.15. The predicted octanol–water partition coefficient (Wildman–Crippen LogP) is 1.20. The van der Waals surface area contributed by atoms with Crippen molar-refractivity contribution >= 4 is 11.7 Å². The SMILES string of the molecule is COc1cc(C[C@@H]2CC(C(=O)O)=NO2)c(OC)c2c1OCO2. The zero-order valence-corrected chi connectivity index (χ0v) is 12.1. The van der Waals surface area contributed by atoms with Crippen LogP contribution in [0.5, 0.6) is 23.0 Å². The summed E-state index contributed by atoms with van der Waals surface area (Å²) in [6.45, 7) is 0.0949. The maximum absolute atomic E-state index is 10.9. The maximum Gasteiger partial charge on any atom is 0.353 e. The largest absolute Gasteiger partial charge is 0.493 e. The second kappa shape index (κ2) is 5.63. The van der Waals surface area contributed by atoms with Gasteiger partial charge in [-0.1, -0.05) is 5.16 Å². The molecule has 8 nitrogen and oxygen atoms in total. The standard InChI is InChI=1S/C14H15NO7/c1-18-10-4-7(3-8-5-9(14(16)17)15-22-8)11(19-2)13-12(10)20-6-21-13/h4,8H,3,5-6H2,1-2H3,(H,16,17)/t8-/m1/s1. The molecule has 0 aromatic heterocycles. The van der Waals surface area contributed by atoms with Gasteiger partial charge in [0.15, 0.2) is 17.2 Å². The van der Waals surface area contributed by atoms with Crippen molar-refractivity contribution in [3.8, 4) is 23.0 Å². The highest BCUT2D eigenvalue weighted by Gasteiger charge is 2.31. The first-order valence-electron chi connectivity index (χ1n) is 6.63. The number of fused-ring (bicyclic) bond motifs is 1. The summed E-state index contributed by atoms with van der Waals surface area (Å²) in [5.41, 5.74) is 0.784. The van der Waals surface area contributed by atoms with Crippen molar-refractivity contribution in [2.45, 2.75) is 18.9 Å². The van der Waals surface area contributed by atoms with Crippen LogP contribution in [0.2, 0.25) is 0 Å². The predicted molar refractivity (Wildman–Crippen MR) is 73.9 cm³/mol. The van der Waals surface area contributed by atoms with E-state index in [-0.39, 0.29) is 25.0 Å². The van der Waals surface area contributed by atoms with E-state index in [1.54, 1.807) is 6.07 Å². The fourth-order valence-electron chi connectivity index (χ4n) is 2.50. The molecule has 2 aliphatic heterocycles. The number of nitrogens with zero attached hydrogens (tertiary/aromatic N) is 1. The van der Waals surface area contributed by atoms with E-state index >= 15 is 0 Å². The molecule has 1 atom stereocenters. The lowest BCUT2D eigenvalue weighted by Crippen LogP contribution is -2.16. The summed E-state index contributed by atoms with van der Waals surface area (Å²) in [4.78, 5) is 16.0. The molecule has 0 spiro atoms. The Morgan fingerprint density at radius 1 is 1.36 bits per heavy atom. The number of carboxylic acids is 1. The average molecular weight is 309 g/mol. The Hall–Kier alpha value is -2.64. The Kier molecular flexibility index (Phi) is 3.66. The smallest absolute Gasteiger partial charge is 0.353 e. The van der Waals surface area contributed by atoms with Gasteiger partial charge in [-0.3, -0.25) is 0 Å². The van der Waals surface area contributed by atoms with Gasteiger partial charge < -0.3 is 28.9 Å². The van der Waals surface area contributed by atoms with Crippen LogP contribution < -0.4 is 18.9 Å². The molecule has 8 heteroatoms. The highest BCUT2D eigenvalue weighted by molar-refractivity contribution is 6.35. The van der Waals surface area contributed by atoms with Gasteiger partial charge in [0.2, 0.25) is 18.3 Å². The van der Waals surface area contributed by atoms with E-state index in [0.29, 0.717) is 29.4 Å². The van der Waals surface area contributed by atoms with E-state index in [2.05, 4.69) is 5.16 Å². The second-order valence-electron chi connectivity index (χ2n) is 4.81. The quantitative estimate of drug-likeness (QED) is 0.873. The first-order valence-corrected chi connectivity index (χ1v) is 6.63. The van der Waals surface area contributed by atoms with Gasteiger partial charge in [-0.15, -0.1) is 0 Å². The minimum Gasteiger partial charge on any atom is -0.493 e. The van der Waals surface area contributed by atoms with Gasteiger partial charge in [-0.2, -0.15) is 0 Å². The Balaban J connectivity index is 1.87. The number of carboxylic acid groups (broad SMARTS) is 1. The summed E-state index contributed by atoms with van der Waals surface area (Å²) in [6, 6.07) is 1.77. The van der Waals surface area contributed by atoms with Gasteiger partial charge in [0, 0.05) is 18.4 Å². The number of rotatable bonds is 5. The third kappa shape index (κ3) is 2.36. The molecule has 2 heterocycles. The minimum absolute atomic E-state index is 0.0108. The number of aliphatic carboxylic acids is 1. The van der Waals surface area contributed by atoms with E-state index in [9.17, 15) is 4.79 Å². The van der Waals surface area contributed by atoms with E-state index in [4.69, 9.17) is 28.9 Å². The van der Waals surface area contributed by atoms with E-state index in [1.807, 2.05) is 0 Å². The number of methoxy groups -OCH3 is 2. The molecule has 0 aliphatic carbocycles. The van der Waals surface area contributed by atoms with E-state index in [1.165, 1.54) is 14.2 Å². The van der Waals surface area contributed by atoms with Crippen LogP contribution in [0.4, 0.5) is 0 Å². The summed E-state index contributed by atoms with van der Waals surface area (Å²) >= 11 is 0. The number of carbonyl (C=O) groups is 1. The minimum atomic E-state index is -1.07. The number of hydrogen-bond acceptors (Lipinski definition) is 7. The molecule has 2 aliphatic rings. The molecule has 3 rings (SSSR count). The molecule has 118 valence electrons. The number of benzene rings is 1. The zero-order chi connectivity index (χ0) is 15.7. The lowest BCUT2D eigenvalue weighted by molar-refractivity contribution is -0.129. The number of oxime groups is 1. The molecule has 0 saturated heterocycles. The first kappa shape index (κ1) is 14.3. The molecule has 0 radical (unpaired) electrons. The molecule has 1 N–H and O–H groups in total. The van der Waals surface area contributed by atoms with Gasteiger partial charge >= 0.3 is 5.97 Å². The molecule has 22 heavy (non-hydrogen) atoms. The van der Waals surface area contributed by atoms with Gasteiger partial charge in [-0.05, 0) is 6.07 Å². The van der Waals surface area contributed by atoms with Crippen molar-refractivity contribution in [3.63, 3.8) is 0 Å². The fourth-order valence-corrected chi connectivity index (χ4v) is 2.50. The van der Waals surface area contributed by atoms with Crippen LogP contribution in [0, 0.1) is 0 Å². The number of hydrogen-bond donors (Lipinski definition) is 1. The fraction of sp³-hybridized carbons (Fsp3) is 0.429. The van der Waals surface area contributed by atoms with Crippen LogP contribution in [0.25, 0.3) is 0 Å². The summed E-state index contributed by atoms with van der Waals surface area (Å²) in [6.07, 6.45) is 0.274. The van der Waals surface area contributed by atoms with Crippen molar-refractivity contribution in [3.05, 3.63) is 11.6 Å². The highest BCUT2D eigenvalue weighted by atomic mass is 16.7. The van der Waals surface area contributed by atoms with Gasteiger partial charge in [0.25, 0.3) is 0 Å². The maximum atomic E-state index is 10.9. The third-order valence-electron chi connectivity index (χ3n) is 3.49. The van der Waals surface area contributed by atoms with Gasteiger partial charge in [0.1, 0.15) is 6.10 Å². The second-order valence-corrected chi connectivity index (χ2v) is 4.81. The molecule has 0 unspecified atom stereocenters. The Labute approximate surface area is 126 Å². The molecule has 0 saturated carbocycles. The number of ether oxygens (including phenoxy) is 4. The Morgan fingerprint density at radius 3 is 2.77 bits per heavy atom. The van der Waals surface area contributed by atoms with E-state index < -0.39 is 5.97 Å². The molecule has 1 aromatic rings. The normalized spacial score (nSPS) is 18.6. The van der Waals surface area contributed by atoms with Gasteiger partial charge in [-0.25, -0.2) is 4.79 Å². The summed E-state index contributed by atoms with van der Waals surface area (Å²) in [5.74, 6) is 0.964. The van der Waals surface area contributed by atoms with Crippen molar-refractivity contribution < 1.29 is 33.7 Å². The van der Waals surface area contributed by atoms with Crippen LogP contribution >= 0.6 is 0 Å². The third-order valence-corrected chi connectivity index (χ3v) is 3.49. The zero-order valence-electron chi connectivity index (χ0n) is 12.1. The topological polar surface area (TPSA) is 95.8 Å². The van der Waals surface area contributed by atoms with Crippen LogP contribution in [0.3, 0.4) is 0 Å². The highest BCUT2D eigenvalue weighted by Crippen LogP contribution is 2.49. The first-order chi connectivity index (χ1) is 10.6. The Bertz CT molecular complexity index is 641. The summed E-state index contributed by atoms with van der Waals surface area (Å²) in [7, 11) is 3.06. The molecule has 0 bridgehead atoms. The molecular weight excluding hydrogens is 294 g/mol. The van der Waals surface area contributed by atoms with E-state index in [0.717, 1.165) is 5.56 Å². The molecular formula is C14H15NO7.